The number of hydrogen-bond donors (Lipinski definition) is 0. The molecule has 0 unspecified atom stereocenters. The van der Waals surface area contributed by atoms with E-state index in [1.807, 2.05) is 0 Å². The minimum atomic E-state index is 0. The molecular formula is C35H36Cl2SiZr-2. The van der Waals surface area contributed by atoms with E-state index in [-0.39, 0.29) is 30.2 Å². The van der Waals surface area contributed by atoms with Gasteiger partial charge in [-0.15, -0.1) is 56.9 Å². The van der Waals surface area contributed by atoms with Crippen molar-refractivity contribution in [3.05, 3.63) is 108 Å². The summed E-state index contributed by atoms with van der Waals surface area (Å²) >= 11 is 1.74. The summed E-state index contributed by atoms with van der Waals surface area (Å²) in [6, 6.07) is 35.6. The fraction of sp³-hybridized carbons (Fsp3) is 0.257. The van der Waals surface area contributed by atoms with E-state index in [2.05, 4.69) is 117 Å². The molecule has 0 heterocycles. The van der Waals surface area contributed by atoms with Crippen LogP contribution in [-0.4, -0.2) is 5.43 Å². The van der Waals surface area contributed by atoms with E-state index in [0.717, 1.165) is 5.92 Å². The summed E-state index contributed by atoms with van der Waals surface area (Å²) in [5.74, 6) is 0.805. The minimum Gasteiger partial charge on any atom is -1.00 e. The second kappa shape index (κ2) is 14.8. The van der Waals surface area contributed by atoms with Crippen LogP contribution in [0.1, 0.15) is 49.1 Å². The molecule has 0 radical (unpaired) electrons. The molecule has 7 rings (SSSR count). The molecule has 200 valence electrons. The summed E-state index contributed by atoms with van der Waals surface area (Å²) in [4.78, 5) is 0. The number of rotatable bonds is 1. The van der Waals surface area contributed by atoms with Crippen LogP contribution in [0.15, 0.2) is 97.1 Å². The van der Waals surface area contributed by atoms with Gasteiger partial charge in [-0.1, -0.05) is 108 Å². The molecule has 0 amide bonds. The third-order valence-corrected chi connectivity index (χ3v) is 7.47. The van der Waals surface area contributed by atoms with Crippen LogP contribution in [0.2, 0.25) is 13.1 Å². The fourth-order valence-corrected chi connectivity index (χ4v) is 5.77. The number of halogens is 2. The Kier molecular flexibility index (Phi) is 12.1. The van der Waals surface area contributed by atoms with Gasteiger partial charge in [0.05, 0.1) is 0 Å². The largest absolute Gasteiger partial charge is 1.00 e. The summed E-state index contributed by atoms with van der Waals surface area (Å²) in [6.45, 7) is 6.76. The monoisotopic (exact) mass is 644 g/mol. The standard InChI is InChI=1S/C19H19.C14H11.C2H6Si.2ClH.Zr/c1-2-6-14(7-3-1)17-12-16-11-10-15-8-4-5-9-18(15)19(16)13-17;1-10-8-12-7-6-11-4-2-3-5-13(11)14(12)9-10;1-3-2;;;/h4-5,8-14H,1-3,6-7H2;2-9H,1H3;1-2H3;2*1H;/q2*-1;;;;+2/p-2. The Labute approximate surface area is 261 Å². The molecule has 0 aromatic heterocycles. The topological polar surface area (TPSA) is 0 Å². The zero-order valence-corrected chi connectivity index (χ0v) is 28.1. The van der Waals surface area contributed by atoms with Crippen molar-refractivity contribution in [2.75, 3.05) is 0 Å². The van der Waals surface area contributed by atoms with E-state index in [0.29, 0.717) is 0 Å². The third kappa shape index (κ3) is 7.74. The van der Waals surface area contributed by atoms with Crippen molar-refractivity contribution < 1.29 is 48.1 Å². The smallest absolute Gasteiger partial charge is 0.0340 e. The number of aryl methyl sites for hydroxylation is 1. The van der Waals surface area contributed by atoms with Gasteiger partial charge in [0.15, 0.2) is 0 Å². The molecule has 1 saturated carbocycles. The Balaban J connectivity index is 0.000000187. The van der Waals surface area contributed by atoms with Gasteiger partial charge < -0.3 is 24.8 Å². The predicted octanol–water partition coefficient (Wildman–Crippen LogP) is 4.57. The average Bonchev–Trinajstić information content (AvgIpc) is 3.53. The van der Waals surface area contributed by atoms with E-state index in [4.69, 9.17) is 0 Å². The van der Waals surface area contributed by atoms with Gasteiger partial charge in [0.1, 0.15) is 0 Å². The van der Waals surface area contributed by atoms with E-state index in [1.54, 1.807) is 28.9 Å². The summed E-state index contributed by atoms with van der Waals surface area (Å²) in [5, 5.41) is 11.0. The first-order valence-corrected chi connectivity index (χ1v) is 19.8. The normalized spacial score (nSPS) is 13.2. The fourth-order valence-electron chi connectivity index (χ4n) is 5.77. The Bertz CT molecular complexity index is 1670. The zero-order chi connectivity index (χ0) is 25.8. The van der Waals surface area contributed by atoms with Crippen LogP contribution in [0.4, 0.5) is 0 Å². The van der Waals surface area contributed by atoms with Gasteiger partial charge in [0, 0.05) is 0 Å². The van der Waals surface area contributed by atoms with Crippen molar-refractivity contribution in [2.24, 2.45) is 0 Å². The van der Waals surface area contributed by atoms with Crippen molar-refractivity contribution in [2.45, 2.75) is 58.0 Å². The van der Waals surface area contributed by atoms with E-state index in [9.17, 15) is 0 Å². The van der Waals surface area contributed by atoms with Crippen LogP contribution in [0.25, 0.3) is 43.1 Å². The first-order valence-electron chi connectivity index (χ1n) is 13.6. The van der Waals surface area contributed by atoms with Crippen LogP contribution >= 0.6 is 0 Å². The second-order valence-corrected chi connectivity index (χ2v) is 20.1. The van der Waals surface area contributed by atoms with Gasteiger partial charge in [-0.3, -0.25) is 0 Å². The Morgan fingerprint density at radius 1 is 0.641 bits per heavy atom. The summed E-state index contributed by atoms with van der Waals surface area (Å²) in [7, 11) is 0. The summed E-state index contributed by atoms with van der Waals surface area (Å²) in [6.07, 6.45) is 7.02. The molecule has 1 aliphatic carbocycles. The molecule has 6 aromatic rings. The van der Waals surface area contributed by atoms with Crippen molar-refractivity contribution >= 4 is 48.5 Å². The van der Waals surface area contributed by atoms with Gasteiger partial charge in [0.25, 0.3) is 0 Å². The van der Waals surface area contributed by atoms with Crippen molar-refractivity contribution in [3.63, 3.8) is 0 Å². The molecule has 0 bridgehead atoms. The molecule has 0 spiro atoms. The van der Waals surface area contributed by atoms with Gasteiger partial charge >= 0.3 is 41.9 Å². The summed E-state index contributed by atoms with van der Waals surface area (Å²) in [5.41, 5.74) is 3.13. The minimum absolute atomic E-state index is 0. The van der Waals surface area contributed by atoms with E-state index >= 15 is 0 Å². The van der Waals surface area contributed by atoms with Crippen LogP contribution in [0, 0.1) is 6.92 Å². The Hall–Kier alpha value is -1.70. The maximum Gasteiger partial charge on any atom is -0.0340 e. The molecular weight excluding hydrogens is 611 g/mol. The number of benzene rings is 4. The maximum atomic E-state index is 2.45. The third-order valence-electron chi connectivity index (χ3n) is 7.47. The van der Waals surface area contributed by atoms with Crippen molar-refractivity contribution in [1.82, 2.24) is 0 Å². The van der Waals surface area contributed by atoms with Crippen LogP contribution in [0.3, 0.4) is 0 Å². The SMILES string of the molecule is C[Si](C)=[Zr+2].Cc1cc2ccc3ccccc3c2[cH-]1.[Cl-].[Cl-].c1ccc2c(c1)ccc1cc(C3CCCCC3)[cH-]c12. The maximum absolute atomic E-state index is 2.45. The quantitative estimate of drug-likeness (QED) is 0.182. The molecule has 0 aliphatic heterocycles. The van der Waals surface area contributed by atoms with E-state index in [1.165, 1.54) is 80.8 Å². The predicted molar refractivity (Wildman–Crippen MR) is 162 cm³/mol. The first-order chi connectivity index (χ1) is 18.0. The molecule has 1 fully saturated rings. The molecule has 1 aliphatic rings. The number of fused-ring (bicyclic) bond motifs is 6. The van der Waals surface area contributed by atoms with Crippen LogP contribution in [0.5, 0.6) is 0 Å². The zero-order valence-electron chi connectivity index (χ0n) is 23.1. The Morgan fingerprint density at radius 3 is 1.67 bits per heavy atom. The van der Waals surface area contributed by atoms with Gasteiger partial charge in [-0.05, 0) is 18.8 Å². The molecule has 39 heavy (non-hydrogen) atoms. The number of hydrogen-bond acceptors (Lipinski definition) is 0. The van der Waals surface area contributed by atoms with Crippen molar-refractivity contribution in [3.8, 4) is 0 Å². The first kappa shape index (κ1) is 31.8. The Morgan fingerprint density at radius 2 is 1.10 bits per heavy atom. The van der Waals surface area contributed by atoms with Gasteiger partial charge in [0.2, 0.25) is 0 Å². The molecule has 4 heteroatoms. The molecule has 0 nitrogen and oxygen atoms in total. The van der Waals surface area contributed by atoms with Gasteiger partial charge in [-0.25, -0.2) is 0 Å². The van der Waals surface area contributed by atoms with Crippen LogP contribution < -0.4 is 24.8 Å². The van der Waals surface area contributed by atoms with Crippen molar-refractivity contribution in [1.29, 1.82) is 0 Å². The second-order valence-electron chi connectivity index (χ2n) is 10.7. The van der Waals surface area contributed by atoms with Crippen LogP contribution in [-0.2, 0) is 23.3 Å². The molecule has 0 N–H and O–H groups in total. The molecule has 0 atom stereocenters. The average molecular weight is 647 g/mol. The molecule has 6 aromatic carbocycles. The van der Waals surface area contributed by atoms with Gasteiger partial charge in [-0.2, -0.15) is 12.1 Å². The summed E-state index contributed by atoms with van der Waals surface area (Å²) < 4.78 is 0. The van der Waals surface area contributed by atoms with E-state index < -0.39 is 0 Å². The molecule has 0 saturated heterocycles.